The maximum atomic E-state index is 12.7. The fraction of sp³-hybridized carbons (Fsp3) is 0.333. The first-order valence-electron chi connectivity index (χ1n) is 6.03. The van der Waals surface area contributed by atoms with Gasteiger partial charge in [0.05, 0.1) is 6.54 Å². The molecule has 10 heteroatoms. The molecule has 0 aromatic carbocycles. The van der Waals surface area contributed by atoms with Gasteiger partial charge in [-0.1, -0.05) is 0 Å². The van der Waals surface area contributed by atoms with E-state index in [2.05, 4.69) is 9.40 Å². The van der Waals surface area contributed by atoms with Crippen molar-refractivity contribution in [3.8, 4) is 6.07 Å². The van der Waals surface area contributed by atoms with Crippen LogP contribution in [-0.2, 0) is 19.3 Å². The second kappa shape index (κ2) is 5.51. The number of hydrogen-bond acceptors (Lipinski definition) is 5. The van der Waals surface area contributed by atoms with Crippen LogP contribution in [0.25, 0.3) is 0 Å². The van der Waals surface area contributed by atoms with Gasteiger partial charge in [-0.05, 0) is 6.92 Å². The van der Waals surface area contributed by atoms with Gasteiger partial charge < -0.3 is 4.42 Å². The van der Waals surface area contributed by atoms with E-state index < -0.39 is 35.4 Å². The standard InChI is InChI=1S/C12H9F3N4O3/c1-2-18-4-7(3-16)10(20)19(11(18)21)5-8-9(12(13,14)15)22-6-17-8/h4,6H,2,5H2,1H3. The molecule has 0 unspecified atom stereocenters. The van der Waals surface area contributed by atoms with Crippen molar-refractivity contribution in [1.82, 2.24) is 14.1 Å². The third-order valence-corrected chi connectivity index (χ3v) is 2.90. The number of nitrogens with zero attached hydrogens (tertiary/aromatic N) is 4. The van der Waals surface area contributed by atoms with Crippen molar-refractivity contribution in [2.45, 2.75) is 26.2 Å². The molecule has 0 N–H and O–H groups in total. The molecule has 2 aromatic heterocycles. The van der Waals surface area contributed by atoms with Crippen molar-refractivity contribution in [2.24, 2.45) is 0 Å². The van der Waals surface area contributed by atoms with Crippen LogP contribution in [0.2, 0.25) is 0 Å². The summed E-state index contributed by atoms with van der Waals surface area (Å²) in [6, 6.07) is 1.60. The highest BCUT2D eigenvalue weighted by molar-refractivity contribution is 5.23. The second-order valence-corrected chi connectivity index (χ2v) is 4.24. The first-order chi connectivity index (χ1) is 10.3. The van der Waals surface area contributed by atoms with Gasteiger partial charge in [0.15, 0.2) is 6.39 Å². The first-order valence-corrected chi connectivity index (χ1v) is 6.03. The van der Waals surface area contributed by atoms with E-state index in [1.54, 1.807) is 13.0 Å². The molecule has 22 heavy (non-hydrogen) atoms. The minimum Gasteiger partial charge on any atom is -0.439 e. The van der Waals surface area contributed by atoms with E-state index >= 15 is 0 Å². The monoisotopic (exact) mass is 314 g/mol. The SMILES string of the molecule is CCn1cc(C#N)c(=O)n(Cc2ncoc2C(F)(F)F)c1=O. The van der Waals surface area contributed by atoms with Gasteiger partial charge in [0.1, 0.15) is 17.3 Å². The Bertz CT molecular complexity index is 854. The minimum atomic E-state index is -4.80. The number of aryl methyl sites for hydroxylation is 1. The van der Waals surface area contributed by atoms with Crippen molar-refractivity contribution in [1.29, 1.82) is 5.26 Å². The van der Waals surface area contributed by atoms with Gasteiger partial charge in [0.2, 0.25) is 5.76 Å². The summed E-state index contributed by atoms with van der Waals surface area (Å²) >= 11 is 0. The van der Waals surface area contributed by atoms with E-state index in [1.807, 2.05) is 0 Å². The summed E-state index contributed by atoms with van der Waals surface area (Å²) in [6.07, 6.45) is -3.16. The number of oxazole rings is 1. The fourth-order valence-corrected chi connectivity index (χ4v) is 1.86. The van der Waals surface area contributed by atoms with Crippen molar-refractivity contribution < 1.29 is 17.6 Å². The Labute approximate surface area is 120 Å². The minimum absolute atomic E-state index is 0.152. The molecule has 0 bridgehead atoms. The van der Waals surface area contributed by atoms with Crippen LogP contribution in [0, 0.1) is 11.3 Å². The van der Waals surface area contributed by atoms with E-state index in [9.17, 15) is 22.8 Å². The van der Waals surface area contributed by atoms with Crippen LogP contribution in [-0.4, -0.2) is 14.1 Å². The highest BCUT2D eigenvalue weighted by Gasteiger charge is 2.38. The predicted octanol–water partition coefficient (Wildman–Crippen LogP) is 0.957. The molecular weight excluding hydrogens is 305 g/mol. The summed E-state index contributed by atoms with van der Waals surface area (Å²) in [5, 5.41) is 8.87. The number of alkyl halides is 3. The molecule has 0 fully saturated rings. The molecule has 2 rings (SSSR count). The van der Waals surface area contributed by atoms with Crippen molar-refractivity contribution in [3.63, 3.8) is 0 Å². The van der Waals surface area contributed by atoms with Gasteiger partial charge in [-0.2, -0.15) is 18.4 Å². The lowest BCUT2D eigenvalue weighted by atomic mass is 10.3. The summed E-state index contributed by atoms with van der Waals surface area (Å²) in [7, 11) is 0. The average molecular weight is 314 g/mol. The Morgan fingerprint density at radius 2 is 2.09 bits per heavy atom. The highest BCUT2D eigenvalue weighted by Crippen LogP contribution is 2.31. The summed E-state index contributed by atoms with van der Waals surface area (Å²) in [5.74, 6) is -1.38. The largest absolute Gasteiger partial charge is 0.451 e. The molecule has 0 amide bonds. The van der Waals surface area contributed by atoms with Crippen molar-refractivity contribution >= 4 is 0 Å². The van der Waals surface area contributed by atoms with Gasteiger partial charge in [-0.3, -0.25) is 13.9 Å². The van der Waals surface area contributed by atoms with Crippen LogP contribution in [0.5, 0.6) is 0 Å². The molecule has 0 aliphatic carbocycles. The maximum Gasteiger partial charge on any atom is 0.451 e. The quantitative estimate of drug-likeness (QED) is 0.841. The number of nitriles is 1. The van der Waals surface area contributed by atoms with Gasteiger partial charge in [0.25, 0.3) is 5.56 Å². The average Bonchev–Trinajstić information content (AvgIpc) is 2.92. The molecule has 2 heterocycles. The number of rotatable bonds is 3. The Morgan fingerprint density at radius 3 is 2.64 bits per heavy atom. The summed E-state index contributed by atoms with van der Waals surface area (Å²) in [6.45, 7) is 1.01. The topological polar surface area (TPSA) is 93.8 Å². The van der Waals surface area contributed by atoms with Crippen molar-refractivity contribution in [2.75, 3.05) is 0 Å². The molecule has 0 radical (unpaired) electrons. The Kier molecular flexibility index (Phi) is 3.90. The zero-order valence-corrected chi connectivity index (χ0v) is 11.2. The third-order valence-electron chi connectivity index (χ3n) is 2.90. The molecule has 0 aliphatic rings. The number of aromatic nitrogens is 3. The van der Waals surface area contributed by atoms with Gasteiger partial charge in [0, 0.05) is 12.7 Å². The molecule has 2 aromatic rings. The van der Waals surface area contributed by atoms with E-state index in [-0.39, 0.29) is 12.1 Å². The van der Waals surface area contributed by atoms with E-state index in [1.165, 1.54) is 0 Å². The van der Waals surface area contributed by atoms with E-state index in [4.69, 9.17) is 5.26 Å². The van der Waals surface area contributed by atoms with Crippen LogP contribution in [0.15, 0.2) is 26.6 Å². The molecule has 116 valence electrons. The van der Waals surface area contributed by atoms with Gasteiger partial charge in [-0.25, -0.2) is 9.78 Å². The Hall–Kier alpha value is -2.83. The Balaban J connectivity index is 2.61. The van der Waals surface area contributed by atoms with Crippen LogP contribution in [0.1, 0.15) is 23.9 Å². The Morgan fingerprint density at radius 1 is 1.41 bits per heavy atom. The zero-order chi connectivity index (χ0) is 16.5. The maximum absolute atomic E-state index is 12.7. The molecule has 0 saturated heterocycles. The van der Waals surface area contributed by atoms with Crippen LogP contribution < -0.4 is 11.2 Å². The highest BCUT2D eigenvalue weighted by atomic mass is 19.4. The van der Waals surface area contributed by atoms with Gasteiger partial charge in [-0.15, -0.1) is 0 Å². The van der Waals surface area contributed by atoms with E-state index in [0.29, 0.717) is 11.0 Å². The van der Waals surface area contributed by atoms with Crippen LogP contribution in [0.4, 0.5) is 13.2 Å². The normalized spacial score (nSPS) is 11.4. The van der Waals surface area contributed by atoms with Crippen molar-refractivity contribution in [3.05, 3.63) is 50.4 Å². The third kappa shape index (κ3) is 2.65. The summed E-state index contributed by atoms with van der Waals surface area (Å²) in [4.78, 5) is 27.4. The van der Waals surface area contributed by atoms with Crippen LogP contribution in [0.3, 0.4) is 0 Å². The lowest BCUT2D eigenvalue weighted by molar-refractivity contribution is -0.153. The zero-order valence-electron chi connectivity index (χ0n) is 11.2. The summed E-state index contributed by atoms with van der Waals surface area (Å²) in [5.41, 5.74) is -2.76. The predicted molar refractivity (Wildman–Crippen MR) is 66.0 cm³/mol. The van der Waals surface area contributed by atoms with E-state index in [0.717, 1.165) is 10.8 Å². The number of hydrogen-bond donors (Lipinski definition) is 0. The first kappa shape index (κ1) is 15.6. The number of halogens is 3. The fourth-order valence-electron chi connectivity index (χ4n) is 1.86. The lowest BCUT2D eigenvalue weighted by Gasteiger charge is -2.09. The molecule has 7 nitrogen and oxygen atoms in total. The molecule has 0 spiro atoms. The lowest BCUT2D eigenvalue weighted by Crippen LogP contribution is -2.41. The molecule has 0 aliphatic heterocycles. The van der Waals surface area contributed by atoms with Crippen LogP contribution >= 0.6 is 0 Å². The summed E-state index contributed by atoms with van der Waals surface area (Å²) < 4.78 is 44.0. The second-order valence-electron chi connectivity index (χ2n) is 4.24. The smallest absolute Gasteiger partial charge is 0.439 e. The molecule has 0 saturated carbocycles. The van der Waals surface area contributed by atoms with Gasteiger partial charge >= 0.3 is 11.9 Å². The molecule has 0 atom stereocenters. The molecular formula is C12H9F3N4O3.